The third-order valence-corrected chi connectivity index (χ3v) is 8.13. The van der Waals surface area contributed by atoms with Crippen LogP contribution in [0.4, 0.5) is 0 Å². The summed E-state index contributed by atoms with van der Waals surface area (Å²) in [6.07, 6.45) is 27.7. The summed E-state index contributed by atoms with van der Waals surface area (Å²) in [5.74, 6) is -1.76. The minimum atomic E-state index is -1.02. The normalized spacial score (nSPS) is 11.9. The lowest BCUT2D eigenvalue weighted by Gasteiger charge is -2.16. The highest BCUT2D eigenvalue weighted by molar-refractivity contribution is 5.89. The van der Waals surface area contributed by atoms with Crippen LogP contribution in [0.1, 0.15) is 187 Å². The molecule has 0 fully saturated rings. The van der Waals surface area contributed by atoms with E-state index in [1.165, 1.54) is 103 Å². The summed E-state index contributed by atoms with van der Waals surface area (Å²) in [5, 5.41) is 11.5. The van der Waals surface area contributed by atoms with Gasteiger partial charge in [-0.15, -0.1) is 0 Å². The maximum atomic E-state index is 13.0. The van der Waals surface area contributed by atoms with Gasteiger partial charge in [0, 0.05) is 38.1 Å². The third kappa shape index (κ3) is 28.2. The molecule has 1 unspecified atom stereocenters. The molecule has 0 saturated heterocycles. The fourth-order valence-electron chi connectivity index (χ4n) is 5.38. The summed E-state index contributed by atoms with van der Waals surface area (Å²) in [4.78, 5) is 48.5. The standard InChI is InChI=1S/C35H65NO5/c1-3-5-7-9-11-13-15-17-19-21-23-25-32(37)29-31(30-36-34(39)27-28-35(40)41)33(38)26-24-22-20-18-16-14-12-10-8-6-4-2/h31H,3-30H2,1-2H3,(H,36,39)(H,40,41). The number of amides is 1. The molecular weight excluding hydrogens is 514 g/mol. The molecule has 0 aliphatic carbocycles. The van der Waals surface area contributed by atoms with Crippen LogP contribution in [0.15, 0.2) is 0 Å². The minimum Gasteiger partial charge on any atom is -0.481 e. The van der Waals surface area contributed by atoms with Crippen LogP contribution >= 0.6 is 0 Å². The van der Waals surface area contributed by atoms with Gasteiger partial charge in [-0.25, -0.2) is 0 Å². The molecule has 0 heterocycles. The van der Waals surface area contributed by atoms with Gasteiger partial charge in [0.15, 0.2) is 0 Å². The van der Waals surface area contributed by atoms with Crippen LogP contribution in [0.2, 0.25) is 0 Å². The number of rotatable bonds is 32. The van der Waals surface area contributed by atoms with Crippen molar-refractivity contribution in [2.75, 3.05) is 6.54 Å². The molecule has 0 aromatic heterocycles. The fourth-order valence-corrected chi connectivity index (χ4v) is 5.38. The van der Waals surface area contributed by atoms with Crippen LogP contribution in [0, 0.1) is 5.92 Å². The van der Waals surface area contributed by atoms with Crippen molar-refractivity contribution in [3.8, 4) is 0 Å². The first-order chi connectivity index (χ1) is 19.9. The molecule has 0 aromatic rings. The summed E-state index contributed by atoms with van der Waals surface area (Å²) in [6.45, 7) is 4.61. The lowest BCUT2D eigenvalue weighted by Crippen LogP contribution is -2.34. The summed E-state index contributed by atoms with van der Waals surface area (Å²) < 4.78 is 0. The van der Waals surface area contributed by atoms with Crippen molar-refractivity contribution in [2.24, 2.45) is 5.92 Å². The van der Waals surface area contributed by atoms with Gasteiger partial charge in [-0.2, -0.15) is 0 Å². The average molecular weight is 580 g/mol. The summed E-state index contributed by atoms with van der Waals surface area (Å²) in [6, 6.07) is 0. The molecular formula is C35H65NO5. The smallest absolute Gasteiger partial charge is 0.303 e. The monoisotopic (exact) mass is 579 g/mol. The Labute approximate surface area is 252 Å². The minimum absolute atomic E-state index is 0.0479. The zero-order chi connectivity index (χ0) is 30.4. The second-order valence-corrected chi connectivity index (χ2v) is 12.2. The Morgan fingerprint density at radius 2 is 0.902 bits per heavy atom. The van der Waals surface area contributed by atoms with E-state index in [-0.39, 0.29) is 43.3 Å². The molecule has 0 radical (unpaired) electrons. The van der Waals surface area contributed by atoms with Crippen molar-refractivity contribution < 1.29 is 24.3 Å². The molecule has 6 heteroatoms. The number of hydrogen-bond donors (Lipinski definition) is 2. The van der Waals surface area contributed by atoms with Crippen LogP contribution in [-0.2, 0) is 19.2 Å². The zero-order valence-electron chi connectivity index (χ0n) is 27.0. The van der Waals surface area contributed by atoms with Crippen LogP contribution < -0.4 is 5.32 Å². The second-order valence-electron chi connectivity index (χ2n) is 12.2. The van der Waals surface area contributed by atoms with E-state index in [4.69, 9.17) is 5.11 Å². The Kier molecular flexibility index (Phi) is 28.5. The predicted octanol–water partition coefficient (Wildman–Crippen LogP) is 9.51. The van der Waals surface area contributed by atoms with Gasteiger partial charge in [0.05, 0.1) is 6.42 Å². The maximum absolute atomic E-state index is 13.0. The molecule has 0 spiro atoms. The Morgan fingerprint density at radius 1 is 0.512 bits per heavy atom. The van der Waals surface area contributed by atoms with Gasteiger partial charge in [0.1, 0.15) is 11.6 Å². The topological polar surface area (TPSA) is 101 Å². The van der Waals surface area contributed by atoms with E-state index in [1.807, 2.05) is 0 Å². The predicted molar refractivity (Wildman–Crippen MR) is 170 cm³/mol. The first kappa shape index (κ1) is 39.3. The Hall–Kier alpha value is -1.72. The van der Waals surface area contributed by atoms with Gasteiger partial charge in [0.25, 0.3) is 0 Å². The molecule has 1 atom stereocenters. The van der Waals surface area contributed by atoms with Gasteiger partial charge in [-0.1, -0.05) is 142 Å². The third-order valence-electron chi connectivity index (χ3n) is 8.13. The number of carbonyl (C=O) groups is 4. The van der Waals surface area contributed by atoms with E-state index < -0.39 is 11.9 Å². The van der Waals surface area contributed by atoms with Crippen LogP contribution in [0.5, 0.6) is 0 Å². The number of carbonyl (C=O) groups excluding carboxylic acids is 3. The van der Waals surface area contributed by atoms with Crippen molar-refractivity contribution in [2.45, 2.75) is 187 Å². The molecule has 0 rings (SSSR count). The summed E-state index contributed by atoms with van der Waals surface area (Å²) in [5.41, 5.74) is 0. The first-order valence-corrected chi connectivity index (χ1v) is 17.4. The number of aliphatic carboxylic acids is 1. The molecule has 41 heavy (non-hydrogen) atoms. The zero-order valence-corrected chi connectivity index (χ0v) is 27.0. The second kappa shape index (κ2) is 29.8. The lowest BCUT2D eigenvalue weighted by atomic mass is 9.92. The van der Waals surface area contributed by atoms with E-state index in [9.17, 15) is 19.2 Å². The van der Waals surface area contributed by atoms with Gasteiger partial charge in [-0.3, -0.25) is 19.2 Å². The number of carboxylic acid groups (broad SMARTS) is 1. The molecule has 6 nitrogen and oxygen atoms in total. The Bertz CT molecular complexity index is 663. The van der Waals surface area contributed by atoms with Crippen molar-refractivity contribution in [1.82, 2.24) is 5.32 Å². The van der Waals surface area contributed by atoms with E-state index in [0.717, 1.165) is 38.5 Å². The van der Waals surface area contributed by atoms with E-state index in [2.05, 4.69) is 19.2 Å². The quantitative estimate of drug-likeness (QED) is 0.0773. The maximum Gasteiger partial charge on any atom is 0.303 e. The van der Waals surface area contributed by atoms with Crippen LogP contribution in [0.3, 0.4) is 0 Å². The molecule has 0 aliphatic heterocycles. The Balaban J connectivity index is 4.27. The fraction of sp³-hybridized carbons (Fsp3) is 0.886. The van der Waals surface area contributed by atoms with Gasteiger partial charge < -0.3 is 10.4 Å². The summed E-state index contributed by atoms with van der Waals surface area (Å²) >= 11 is 0. The average Bonchev–Trinajstić information content (AvgIpc) is 2.95. The van der Waals surface area contributed by atoms with Crippen molar-refractivity contribution in [1.29, 1.82) is 0 Å². The molecule has 0 bridgehead atoms. The van der Waals surface area contributed by atoms with E-state index in [0.29, 0.717) is 12.8 Å². The van der Waals surface area contributed by atoms with Gasteiger partial charge >= 0.3 is 5.97 Å². The largest absolute Gasteiger partial charge is 0.481 e. The van der Waals surface area contributed by atoms with Crippen LogP contribution in [-0.4, -0.2) is 35.1 Å². The molecule has 240 valence electrons. The van der Waals surface area contributed by atoms with E-state index in [1.54, 1.807) is 0 Å². The number of carboxylic acids is 1. The highest BCUT2D eigenvalue weighted by Gasteiger charge is 2.22. The van der Waals surface area contributed by atoms with Crippen molar-refractivity contribution >= 4 is 23.4 Å². The highest BCUT2D eigenvalue weighted by atomic mass is 16.4. The first-order valence-electron chi connectivity index (χ1n) is 17.4. The number of Topliss-reactive ketones (excluding diaryl/α,β-unsaturated/α-hetero) is 2. The van der Waals surface area contributed by atoms with Crippen molar-refractivity contribution in [3.63, 3.8) is 0 Å². The van der Waals surface area contributed by atoms with Gasteiger partial charge in [0.2, 0.25) is 5.91 Å². The molecule has 0 aromatic carbocycles. The Morgan fingerprint density at radius 3 is 1.32 bits per heavy atom. The van der Waals surface area contributed by atoms with Crippen LogP contribution in [0.25, 0.3) is 0 Å². The van der Waals surface area contributed by atoms with E-state index >= 15 is 0 Å². The molecule has 0 aliphatic rings. The molecule has 1 amide bonds. The summed E-state index contributed by atoms with van der Waals surface area (Å²) in [7, 11) is 0. The SMILES string of the molecule is CCCCCCCCCCCCCC(=O)CC(CNC(=O)CCC(=O)O)C(=O)CCCCCCCCCCCCC. The highest BCUT2D eigenvalue weighted by Crippen LogP contribution is 2.17. The number of hydrogen-bond acceptors (Lipinski definition) is 4. The number of unbranched alkanes of at least 4 members (excludes halogenated alkanes) is 20. The van der Waals surface area contributed by atoms with Gasteiger partial charge in [-0.05, 0) is 12.8 Å². The van der Waals surface area contributed by atoms with Crippen molar-refractivity contribution in [3.05, 3.63) is 0 Å². The number of nitrogens with one attached hydrogen (secondary N) is 1. The molecule has 0 saturated carbocycles. The number of ketones is 2. The lowest BCUT2D eigenvalue weighted by molar-refractivity contribution is -0.139. The molecule has 2 N–H and O–H groups in total.